The smallest absolute Gasteiger partial charge is 0.151 e. The Morgan fingerprint density at radius 3 is 2.67 bits per heavy atom. The third-order valence-corrected chi connectivity index (χ3v) is 3.25. The lowest BCUT2D eigenvalue weighted by Gasteiger charge is -2.22. The highest BCUT2D eigenvalue weighted by Crippen LogP contribution is 2.30. The highest BCUT2D eigenvalue weighted by molar-refractivity contribution is 5.37. The van der Waals surface area contributed by atoms with Gasteiger partial charge in [0.05, 0.1) is 5.69 Å². The van der Waals surface area contributed by atoms with E-state index in [1.165, 1.54) is 12.8 Å². The Morgan fingerprint density at radius 2 is 2.11 bits per heavy atom. The zero-order valence-electron chi connectivity index (χ0n) is 11.5. The van der Waals surface area contributed by atoms with E-state index < -0.39 is 0 Å². The van der Waals surface area contributed by atoms with Gasteiger partial charge in [0.25, 0.3) is 0 Å². The normalized spacial score (nSPS) is 14.8. The molecule has 1 aliphatic carbocycles. The molecule has 0 amide bonds. The SMILES string of the molecule is CCCN(CC1CC1)c1ccc(CNCC)nn1. The van der Waals surface area contributed by atoms with Crippen molar-refractivity contribution < 1.29 is 0 Å². The molecule has 1 aliphatic rings. The Labute approximate surface area is 110 Å². The zero-order valence-corrected chi connectivity index (χ0v) is 11.5. The fourth-order valence-corrected chi connectivity index (χ4v) is 2.05. The lowest BCUT2D eigenvalue weighted by molar-refractivity contribution is 0.675. The first-order valence-electron chi connectivity index (χ1n) is 7.11. The average Bonchev–Trinajstić information content (AvgIpc) is 3.20. The Bertz CT molecular complexity index is 345. The Hall–Kier alpha value is -1.16. The van der Waals surface area contributed by atoms with Gasteiger partial charge in [-0.25, -0.2) is 0 Å². The standard InChI is InChI=1S/C14H24N4/c1-3-9-18(11-12-5-6-12)14-8-7-13(16-17-14)10-15-4-2/h7-8,12,15H,3-6,9-11H2,1-2H3. The van der Waals surface area contributed by atoms with Gasteiger partial charge in [0.2, 0.25) is 0 Å². The molecule has 4 heteroatoms. The summed E-state index contributed by atoms with van der Waals surface area (Å²) in [5, 5.41) is 11.9. The van der Waals surface area contributed by atoms with Gasteiger partial charge in [0.15, 0.2) is 5.82 Å². The van der Waals surface area contributed by atoms with Crippen LogP contribution in [0.1, 0.15) is 38.8 Å². The van der Waals surface area contributed by atoms with Crippen molar-refractivity contribution in [3.63, 3.8) is 0 Å². The van der Waals surface area contributed by atoms with Crippen LogP contribution >= 0.6 is 0 Å². The van der Waals surface area contributed by atoms with Crippen molar-refractivity contribution in [1.82, 2.24) is 15.5 Å². The first kappa shape index (κ1) is 13.3. The summed E-state index contributed by atoms with van der Waals surface area (Å²) in [5.41, 5.74) is 1.02. The van der Waals surface area contributed by atoms with Crippen molar-refractivity contribution in [2.75, 3.05) is 24.5 Å². The molecule has 1 aromatic rings. The second-order valence-electron chi connectivity index (χ2n) is 5.05. The summed E-state index contributed by atoms with van der Waals surface area (Å²) in [7, 11) is 0. The molecule has 4 nitrogen and oxygen atoms in total. The minimum absolute atomic E-state index is 0.806. The molecule has 100 valence electrons. The fourth-order valence-electron chi connectivity index (χ4n) is 2.05. The molecule has 0 saturated heterocycles. The van der Waals surface area contributed by atoms with E-state index in [4.69, 9.17) is 0 Å². The summed E-state index contributed by atoms with van der Waals surface area (Å²) < 4.78 is 0. The minimum Gasteiger partial charge on any atom is -0.355 e. The van der Waals surface area contributed by atoms with E-state index in [0.717, 1.165) is 50.0 Å². The van der Waals surface area contributed by atoms with Gasteiger partial charge in [-0.1, -0.05) is 13.8 Å². The predicted molar refractivity (Wildman–Crippen MR) is 74.6 cm³/mol. The quantitative estimate of drug-likeness (QED) is 0.766. The van der Waals surface area contributed by atoms with E-state index in [0.29, 0.717) is 0 Å². The third-order valence-electron chi connectivity index (χ3n) is 3.25. The van der Waals surface area contributed by atoms with E-state index in [-0.39, 0.29) is 0 Å². The van der Waals surface area contributed by atoms with Gasteiger partial charge < -0.3 is 10.2 Å². The summed E-state index contributed by atoms with van der Waals surface area (Å²) in [6, 6.07) is 4.19. The molecule has 0 bridgehead atoms. The average molecular weight is 248 g/mol. The first-order valence-corrected chi connectivity index (χ1v) is 7.11. The van der Waals surface area contributed by atoms with E-state index in [9.17, 15) is 0 Å². The molecule has 1 N–H and O–H groups in total. The highest BCUT2D eigenvalue weighted by atomic mass is 15.3. The first-order chi connectivity index (χ1) is 8.83. The molecule has 0 aromatic carbocycles. The van der Waals surface area contributed by atoms with Gasteiger partial charge in [0.1, 0.15) is 0 Å². The molecule has 2 rings (SSSR count). The lowest BCUT2D eigenvalue weighted by atomic mass is 10.3. The molecule has 1 aromatic heterocycles. The van der Waals surface area contributed by atoms with Gasteiger partial charge in [0, 0.05) is 19.6 Å². The predicted octanol–water partition coefficient (Wildman–Crippen LogP) is 2.21. The van der Waals surface area contributed by atoms with Gasteiger partial charge in [-0.3, -0.25) is 0 Å². The number of hydrogen-bond acceptors (Lipinski definition) is 4. The van der Waals surface area contributed by atoms with Gasteiger partial charge in [-0.15, -0.1) is 5.10 Å². The van der Waals surface area contributed by atoms with Crippen molar-refractivity contribution in [3.8, 4) is 0 Å². The number of aromatic nitrogens is 2. The summed E-state index contributed by atoms with van der Waals surface area (Å²) in [5.74, 6) is 1.92. The van der Waals surface area contributed by atoms with E-state index in [1.54, 1.807) is 0 Å². The maximum Gasteiger partial charge on any atom is 0.151 e. The monoisotopic (exact) mass is 248 g/mol. The minimum atomic E-state index is 0.806. The Balaban J connectivity index is 1.95. The third kappa shape index (κ3) is 3.95. The molecular weight excluding hydrogens is 224 g/mol. The van der Waals surface area contributed by atoms with Crippen LogP contribution in [0.5, 0.6) is 0 Å². The molecule has 0 radical (unpaired) electrons. The van der Waals surface area contributed by atoms with Crippen LogP contribution in [0.4, 0.5) is 5.82 Å². The van der Waals surface area contributed by atoms with Crippen molar-refractivity contribution in [3.05, 3.63) is 17.8 Å². The van der Waals surface area contributed by atoms with Crippen LogP contribution in [0.2, 0.25) is 0 Å². The summed E-state index contributed by atoms with van der Waals surface area (Å²) in [4.78, 5) is 2.38. The highest BCUT2D eigenvalue weighted by Gasteiger charge is 2.24. The largest absolute Gasteiger partial charge is 0.355 e. The van der Waals surface area contributed by atoms with E-state index >= 15 is 0 Å². The lowest BCUT2D eigenvalue weighted by Crippen LogP contribution is -2.27. The van der Waals surface area contributed by atoms with Crippen molar-refractivity contribution in [2.24, 2.45) is 5.92 Å². The molecule has 0 unspecified atom stereocenters. The molecule has 18 heavy (non-hydrogen) atoms. The van der Waals surface area contributed by atoms with Gasteiger partial charge >= 0.3 is 0 Å². The number of rotatable bonds is 8. The second kappa shape index (κ2) is 6.69. The zero-order chi connectivity index (χ0) is 12.8. The van der Waals surface area contributed by atoms with Crippen LogP contribution < -0.4 is 10.2 Å². The number of nitrogens with zero attached hydrogens (tertiary/aromatic N) is 3. The summed E-state index contributed by atoms with van der Waals surface area (Å²) in [6.07, 6.45) is 3.92. The van der Waals surface area contributed by atoms with Gasteiger partial charge in [-0.2, -0.15) is 5.10 Å². The van der Waals surface area contributed by atoms with Crippen molar-refractivity contribution in [1.29, 1.82) is 0 Å². The number of nitrogens with one attached hydrogen (secondary N) is 1. The van der Waals surface area contributed by atoms with Crippen LogP contribution in [0.25, 0.3) is 0 Å². The molecule has 0 aliphatic heterocycles. The number of anilines is 1. The fraction of sp³-hybridized carbons (Fsp3) is 0.714. The Morgan fingerprint density at radius 1 is 1.28 bits per heavy atom. The summed E-state index contributed by atoms with van der Waals surface area (Å²) >= 11 is 0. The van der Waals surface area contributed by atoms with Crippen LogP contribution in [0, 0.1) is 5.92 Å². The van der Waals surface area contributed by atoms with Crippen molar-refractivity contribution >= 4 is 5.82 Å². The van der Waals surface area contributed by atoms with E-state index in [1.807, 2.05) is 0 Å². The topological polar surface area (TPSA) is 41.0 Å². The van der Waals surface area contributed by atoms with Crippen LogP contribution in [-0.4, -0.2) is 29.8 Å². The van der Waals surface area contributed by atoms with E-state index in [2.05, 4.69) is 46.4 Å². The van der Waals surface area contributed by atoms with Crippen LogP contribution in [-0.2, 0) is 6.54 Å². The molecule has 0 spiro atoms. The molecule has 0 atom stereocenters. The van der Waals surface area contributed by atoms with Gasteiger partial charge in [-0.05, 0) is 43.9 Å². The molecular formula is C14H24N4. The number of hydrogen-bond donors (Lipinski definition) is 1. The Kier molecular flexibility index (Phi) is 4.93. The summed E-state index contributed by atoms with van der Waals surface area (Å²) in [6.45, 7) is 8.31. The molecule has 1 saturated carbocycles. The maximum atomic E-state index is 4.37. The molecule has 1 fully saturated rings. The van der Waals surface area contributed by atoms with Crippen LogP contribution in [0.15, 0.2) is 12.1 Å². The van der Waals surface area contributed by atoms with Crippen LogP contribution in [0.3, 0.4) is 0 Å². The van der Waals surface area contributed by atoms with Crippen molar-refractivity contribution in [2.45, 2.75) is 39.7 Å². The molecule has 1 heterocycles. The maximum absolute atomic E-state index is 4.37. The second-order valence-corrected chi connectivity index (χ2v) is 5.05.